The van der Waals surface area contributed by atoms with Gasteiger partial charge in [0.1, 0.15) is 23.2 Å². The number of aliphatic imine (C=N–C) groups is 1. The van der Waals surface area contributed by atoms with E-state index in [0.29, 0.717) is 46.9 Å². The summed E-state index contributed by atoms with van der Waals surface area (Å²) in [6.45, 7) is 11.8. The van der Waals surface area contributed by atoms with Crippen LogP contribution in [0.3, 0.4) is 0 Å². The smallest absolute Gasteiger partial charge is 0.204 e. The molecule has 2 aliphatic rings. The number of hydrogen-bond donors (Lipinski definition) is 1. The van der Waals surface area contributed by atoms with Crippen molar-refractivity contribution < 1.29 is 18.6 Å². The molecule has 2 atom stereocenters. The highest BCUT2D eigenvalue weighted by Crippen LogP contribution is 2.41. The summed E-state index contributed by atoms with van der Waals surface area (Å²) in [6.07, 6.45) is 4.71. The third-order valence-electron chi connectivity index (χ3n) is 7.58. The maximum absolute atomic E-state index is 14.3. The van der Waals surface area contributed by atoms with Crippen LogP contribution in [-0.2, 0) is 7.05 Å². The Kier molecular flexibility index (Phi) is 7.47. The number of amidine groups is 1. The Morgan fingerprint density at radius 2 is 1.93 bits per heavy atom. The van der Waals surface area contributed by atoms with Crippen LogP contribution in [0.25, 0.3) is 0 Å². The lowest BCUT2D eigenvalue weighted by atomic mass is 9.97. The number of likely N-dealkylation sites (tertiary alicyclic amines) is 1. The third kappa shape index (κ3) is 4.99. The summed E-state index contributed by atoms with van der Waals surface area (Å²) in [4.78, 5) is 8.51. The Balaban J connectivity index is 1.53. The molecule has 5 rings (SSSR count). The number of aryl methyl sites for hydroxylation is 1. The van der Waals surface area contributed by atoms with Crippen LogP contribution < -0.4 is 4.74 Å². The number of rotatable bonds is 8. The number of ether oxygens (including phenoxy) is 1. The number of methoxy groups -OCH3 is 1. The van der Waals surface area contributed by atoms with Gasteiger partial charge in [-0.15, -0.1) is 0 Å². The molecule has 1 fully saturated rings. The van der Waals surface area contributed by atoms with Crippen LogP contribution in [0.1, 0.15) is 48.4 Å². The number of aromatic nitrogens is 2. The Morgan fingerprint density at radius 1 is 1.20 bits per heavy atom. The monoisotopic (exact) mass is 545 g/mol. The molecule has 7 nitrogen and oxygen atoms in total. The summed E-state index contributed by atoms with van der Waals surface area (Å²) in [5.41, 5.74) is 3.45. The molecule has 0 bridgehead atoms. The van der Waals surface area contributed by atoms with Crippen LogP contribution in [0.4, 0.5) is 8.78 Å². The van der Waals surface area contributed by atoms with Crippen LogP contribution in [0.5, 0.6) is 5.75 Å². The summed E-state index contributed by atoms with van der Waals surface area (Å²) in [7, 11) is 3.44. The summed E-state index contributed by atoms with van der Waals surface area (Å²) in [6, 6.07) is 10.7. The van der Waals surface area contributed by atoms with Gasteiger partial charge in [-0.25, -0.2) is 13.8 Å². The predicted octanol–water partition coefficient (Wildman–Crippen LogP) is 6.21. The summed E-state index contributed by atoms with van der Waals surface area (Å²) in [5, 5.41) is 16.1. The second kappa shape index (κ2) is 11.0. The van der Waals surface area contributed by atoms with Gasteiger partial charge in [-0.3, -0.25) is 9.58 Å². The fourth-order valence-electron chi connectivity index (χ4n) is 5.67. The highest BCUT2D eigenvalue weighted by molar-refractivity contribution is 6.01. The van der Waals surface area contributed by atoms with Crippen molar-refractivity contribution in [1.82, 2.24) is 19.6 Å². The standard InChI is InChI=1S/C31H33F2N5O2/c1-6-27(22-13-24(32)15-25(33)14-22)38-30(23-16-34-36(4)17-23)35-19(2)29(31(38)39)20(3)37-12-11-21(18-37)26-9-7-8-10-28(26)40-5/h7-10,13-17,21,27,39H,2-3,6,11-12,18H2,1,4-5H3/t21?,27-/m0/s1. The van der Waals surface area contributed by atoms with E-state index in [9.17, 15) is 13.9 Å². The van der Waals surface area contributed by atoms with Crippen LogP contribution in [-0.4, -0.2) is 50.7 Å². The van der Waals surface area contributed by atoms with Crippen molar-refractivity contribution in [2.45, 2.75) is 31.7 Å². The molecule has 0 aliphatic carbocycles. The molecule has 9 heteroatoms. The lowest BCUT2D eigenvalue weighted by Gasteiger charge is -2.38. The molecule has 3 aromatic rings. The van der Waals surface area contributed by atoms with Crippen molar-refractivity contribution in [1.29, 1.82) is 0 Å². The van der Waals surface area contributed by atoms with E-state index in [-0.39, 0.29) is 11.8 Å². The quantitative estimate of drug-likeness (QED) is 0.365. The van der Waals surface area contributed by atoms with E-state index in [1.807, 2.05) is 25.1 Å². The lowest BCUT2D eigenvalue weighted by Crippen LogP contribution is -2.39. The second-order valence-electron chi connectivity index (χ2n) is 10.1. The van der Waals surface area contributed by atoms with Crippen LogP contribution in [0.15, 0.2) is 95.9 Å². The van der Waals surface area contributed by atoms with E-state index in [2.05, 4.69) is 29.2 Å². The molecule has 208 valence electrons. The number of hydrogen-bond acceptors (Lipinski definition) is 6. The van der Waals surface area contributed by atoms with Gasteiger partial charge in [-0.05, 0) is 42.2 Å². The van der Waals surface area contributed by atoms with Crippen molar-refractivity contribution in [3.8, 4) is 5.75 Å². The highest BCUT2D eigenvalue weighted by Gasteiger charge is 2.37. The van der Waals surface area contributed by atoms with Gasteiger partial charge in [0.05, 0.1) is 36.2 Å². The molecule has 0 radical (unpaired) electrons. The van der Waals surface area contributed by atoms with Gasteiger partial charge in [0.25, 0.3) is 0 Å². The fourth-order valence-corrected chi connectivity index (χ4v) is 5.67. The first-order valence-electron chi connectivity index (χ1n) is 13.2. The Bertz CT molecular complexity index is 1510. The first-order chi connectivity index (χ1) is 19.2. The molecule has 0 amide bonds. The summed E-state index contributed by atoms with van der Waals surface area (Å²) >= 11 is 0. The van der Waals surface area contributed by atoms with Gasteiger partial charge in [0.15, 0.2) is 0 Å². The topological polar surface area (TPSA) is 66.1 Å². The number of nitrogens with zero attached hydrogens (tertiary/aromatic N) is 5. The molecule has 3 heterocycles. The van der Waals surface area contributed by atoms with Gasteiger partial charge in [-0.1, -0.05) is 38.3 Å². The van der Waals surface area contributed by atoms with Crippen LogP contribution >= 0.6 is 0 Å². The van der Waals surface area contributed by atoms with Crippen molar-refractivity contribution in [2.75, 3.05) is 20.2 Å². The Morgan fingerprint density at radius 3 is 2.58 bits per heavy atom. The van der Waals surface area contributed by atoms with E-state index in [0.717, 1.165) is 30.3 Å². The van der Waals surface area contributed by atoms with Gasteiger partial charge in [0, 0.05) is 44.0 Å². The minimum Gasteiger partial charge on any atom is -0.496 e. The second-order valence-corrected chi connectivity index (χ2v) is 10.1. The molecule has 2 aromatic carbocycles. The van der Waals surface area contributed by atoms with E-state index >= 15 is 0 Å². The first kappa shape index (κ1) is 27.2. The molecular weight excluding hydrogens is 512 g/mol. The van der Waals surface area contributed by atoms with Crippen LogP contribution in [0.2, 0.25) is 0 Å². The van der Waals surface area contributed by atoms with Crippen molar-refractivity contribution >= 4 is 5.84 Å². The van der Waals surface area contributed by atoms with E-state index < -0.39 is 17.7 Å². The molecule has 0 spiro atoms. The molecule has 0 saturated carbocycles. The number of para-hydroxylation sites is 1. The lowest BCUT2D eigenvalue weighted by molar-refractivity contribution is 0.216. The molecule has 1 saturated heterocycles. The van der Waals surface area contributed by atoms with Crippen LogP contribution in [0, 0.1) is 11.6 Å². The number of aliphatic hydroxyl groups is 1. The highest BCUT2D eigenvalue weighted by atomic mass is 19.1. The zero-order chi connectivity index (χ0) is 28.6. The van der Waals surface area contributed by atoms with Gasteiger partial charge in [-0.2, -0.15) is 5.10 Å². The zero-order valence-electron chi connectivity index (χ0n) is 22.9. The minimum absolute atomic E-state index is 0.124. The zero-order valence-corrected chi connectivity index (χ0v) is 22.9. The summed E-state index contributed by atoms with van der Waals surface area (Å²) in [5.74, 6) is -0.0616. The maximum Gasteiger partial charge on any atom is 0.204 e. The first-order valence-corrected chi connectivity index (χ1v) is 13.2. The van der Waals surface area contributed by atoms with Crippen molar-refractivity contribution in [2.24, 2.45) is 12.0 Å². The van der Waals surface area contributed by atoms with Crippen molar-refractivity contribution in [3.05, 3.63) is 119 Å². The maximum atomic E-state index is 14.3. The molecule has 1 aromatic heterocycles. The minimum atomic E-state index is -0.692. The molecule has 1 N–H and O–H groups in total. The Hall–Kier alpha value is -4.40. The number of aliphatic hydroxyl groups excluding tert-OH is 1. The van der Waals surface area contributed by atoms with Crippen molar-refractivity contribution in [3.63, 3.8) is 0 Å². The molecule has 40 heavy (non-hydrogen) atoms. The Labute approximate surface area is 233 Å². The third-order valence-corrected chi connectivity index (χ3v) is 7.58. The van der Waals surface area contributed by atoms with E-state index in [1.165, 1.54) is 12.1 Å². The average Bonchev–Trinajstić information content (AvgIpc) is 3.59. The number of halogens is 2. The van der Waals surface area contributed by atoms with Gasteiger partial charge < -0.3 is 14.7 Å². The summed E-state index contributed by atoms with van der Waals surface area (Å²) < 4.78 is 35.8. The molecular formula is C31H33F2N5O2. The largest absolute Gasteiger partial charge is 0.496 e. The SMILES string of the molecule is C=C1N=C(c2cnn(C)c2)N([C@@H](CC)c2cc(F)cc(F)c2)C(O)=C1C(=C)N1CCC(c2ccccc2OC)C1. The molecule has 2 aliphatic heterocycles. The van der Waals surface area contributed by atoms with Gasteiger partial charge >= 0.3 is 0 Å². The van der Waals surface area contributed by atoms with E-state index in [1.54, 1.807) is 36.1 Å². The fraction of sp³-hybridized carbons (Fsp3) is 0.290. The molecule has 1 unspecified atom stereocenters. The van der Waals surface area contributed by atoms with E-state index in [4.69, 9.17) is 9.73 Å². The predicted molar refractivity (Wildman–Crippen MR) is 151 cm³/mol. The van der Waals surface area contributed by atoms with Gasteiger partial charge in [0.2, 0.25) is 5.88 Å². The number of benzene rings is 2. The normalized spacial score (nSPS) is 18.3. The average molecular weight is 546 g/mol.